The minimum Gasteiger partial charge on any atom is -0.378 e. The number of anilines is 3. The van der Waals surface area contributed by atoms with E-state index in [1.54, 1.807) is 7.05 Å². The molecule has 5 rings (SSSR count). The zero-order valence-corrected chi connectivity index (χ0v) is 28.1. The first kappa shape index (κ1) is 34.1. The predicted molar refractivity (Wildman–Crippen MR) is 186 cm³/mol. The van der Waals surface area contributed by atoms with Gasteiger partial charge < -0.3 is 24.8 Å². The van der Waals surface area contributed by atoms with Gasteiger partial charge in [-0.3, -0.25) is 14.6 Å². The molecule has 1 aliphatic heterocycles. The van der Waals surface area contributed by atoms with Crippen molar-refractivity contribution in [3.05, 3.63) is 101 Å². The Balaban J connectivity index is 0.00000235. The van der Waals surface area contributed by atoms with Gasteiger partial charge in [0.2, 0.25) is 0 Å². The number of nitrogens with zero attached hydrogens (tertiary/aromatic N) is 4. The van der Waals surface area contributed by atoms with Gasteiger partial charge in [-0.1, -0.05) is 58.9 Å². The molecule has 0 radical (unpaired) electrons. The van der Waals surface area contributed by atoms with Crippen LogP contribution in [0.1, 0.15) is 67.8 Å². The highest BCUT2D eigenvalue weighted by Gasteiger charge is 2.19. The van der Waals surface area contributed by atoms with Crippen LogP contribution in [0.25, 0.3) is 11.3 Å². The number of ether oxygens (including phenoxy) is 1. The van der Waals surface area contributed by atoms with Gasteiger partial charge in [-0.15, -0.1) is 0 Å². The molecule has 0 saturated carbocycles. The van der Waals surface area contributed by atoms with Crippen molar-refractivity contribution < 1.29 is 14.3 Å². The van der Waals surface area contributed by atoms with Crippen LogP contribution in [0, 0.1) is 0 Å². The van der Waals surface area contributed by atoms with Gasteiger partial charge in [-0.2, -0.15) is 0 Å². The van der Waals surface area contributed by atoms with Crippen LogP contribution in [0.4, 0.5) is 17.2 Å². The lowest BCUT2D eigenvalue weighted by Gasteiger charge is -2.26. The number of rotatable bonds is 7. The molecule has 0 unspecified atom stereocenters. The third-order valence-electron chi connectivity index (χ3n) is 7.67. The van der Waals surface area contributed by atoms with Crippen LogP contribution in [0.5, 0.6) is 0 Å². The maximum absolute atomic E-state index is 13.0. The number of nitrogens with one attached hydrogen (secondary N) is 2. The Hall–Kier alpha value is -4.76. The second-order valence-corrected chi connectivity index (χ2v) is 11.8. The summed E-state index contributed by atoms with van der Waals surface area (Å²) in [6.07, 6.45) is 1.96. The maximum Gasteiger partial charge on any atom is 0.255 e. The molecule has 3 aromatic carbocycles. The summed E-state index contributed by atoms with van der Waals surface area (Å²) < 4.78 is 7.40. The molecule has 242 valence electrons. The van der Waals surface area contributed by atoms with Gasteiger partial charge in [0, 0.05) is 60.9 Å². The van der Waals surface area contributed by atoms with Crippen molar-refractivity contribution in [2.45, 2.75) is 53.5 Å². The standard InChI is InChI=1S/C35H40N6O3.C2H6/c1-6-40-23-30(26-8-7-9-29(22-26)38-33(42)24-10-14-27(15-11-24)35(2,3)4)39-31(32(40)36-5)37-28-16-12-25(13-17-28)34(43)41-18-20-44-21-19-41;1-2/h7-17,22-23H,6,18-21H2,1-5H3,(H,37,39)(H,38,42);1-2H3. The second-order valence-electron chi connectivity index (χ2n) is 11.8. The average Bonchev–Trinajstić information content (AvgIpc) is 3.09. The van der Waals surface area contributed by atoms with E-state index in [9.17, 15) is 9.59 Å². The molecule has 9 nitrogen and oxygen atoms in total. The lowest BCUT2D eigenvalue weighted by molar-refractivity contribution is 0.0303. The maximum atomic E-state index is 13.0. The molecule has 1 aromatic heterocycles. The van der Waals surface area contributed by atoms with Gasteiger partial charge in [0.15, 0.2) is 11.3 Å². The summed E-state index contributed by atoms with van der Waals surface area (Å²) in [4.78, 5) is 37.2. The van der Waals surface area contributed by atoms with Crippen LogP contribution >= 0.6 is 0 Å². The van der Waals surface area contributed by atoms with Gasteiger partial charge in [0.1, 0.15) is 0 Å². The highest BCUT2D eigenvalue weighted by atomic mass is 16.5. The Labute approximate surface area is 272 Å². The molecule has 0 spiro atoms. The number of carbonyl (C=O) groups excluding carboxylic acids is 2. The van der Waals surface area contributed by atoms with E-state index >= 15 is 0 Å². The summed E-state index contributed by atoms with van der Waals surface area (Å²) in [6, 6.07) is 22.8. The fourth-order valence-corrected chi connectivity index (χ4v) is 5.11. The lowest BCUT2D eigenvalue weighted by atomic mass is 9.87. The summed E-state index contributed by atoms with van der Waals surface area (Å²) in [6.45, 7) is 15.5. The number of benzene rings is 3. The van der Waals surface area contributed by atoms with E-state index in [4.69, 9.17) is 9.72 Å². The SMILES string of the molecule is CC.CCn1cc(-c2cccc(NC(=O)c3ccc(C(C)(C)C)cc3)c2)nc(Nc2ccc(C(=O)N3CCOCC3)cc2)c1=NC. The first-order valence-electron chi connectivity index (χ1n) is 16.0. The zero-order chi connectivity index (χ0) is 33.3. The minimum absolute atomic E-state index is 0.00180. The summed E-state index contributed by atoms with van der Waals surface area (Å²) >= 11 is 0. The molecule has 9 heteroatoms. The Bertz CT molecular complexity index is 1700. The third kappa shape index (κ3) is 8.28. The molecule has 46 heavy (non-hydrogen) atoms. The monoisotopic (exact) mass is 622 g/mol. The summed E-state index contributed by atoms with van der Waals surface area (Å²) in [7, 11) is 1.74. The predicted octanol–water partition coefficient (Wildman–Crippen LogP) is 6.89. The molecule has 2 N–H and O–H groups in total. The van der Waals surface area contributed by atoms with E-state index in [0.717, 1.165) is 16.9 Å². The summed E-state index contributed by atoms with van der Waals surface area (Å²) in [5, 5.41) is 6.42. The van der Waals surface area contributed by atoms with Crippen LogP contribution in [-0.2, 0) is 16.7 Å². The van der Waals surface area contributed by atoms with Crippen LogP contribution in [0.2, 0.25) is 0 Å². The van der Waals surface area contributed by atoms with Crippen LogP contribution in [-0.4, -0.2) is 59.6 Å². The lowest BCUT2D eigenvalue weighted by Crippen LogP contribution is -2.40. The molecule has 0 aliphatic carbocycles. The van der Waals surface area contributed by atoms with Crippen molar-refractivity contribution in [1.82, 2.24) is 14.5 Å². The van der Waals surface area contributed by atoms with E-state index < -0.39 is 0 Å². The van der Waals surface area contributed by atoms with Gasteiger partial charge >= 0.3 is 0 Å². The normalized spacial score (nSPS) is 13.5. The molecular formula is C37H46N6O3. The Morgan fingerprint density at radius 2 is 1.57 bits per heavy atom. The second kappa shape index (κ2) is 15.5. The van der Waals surface area contributed by atoms with E-state index in [0.29, 0.717) is 61.0 Å². The number of aromatic nitrogens is 2. The van der Waals surface area contributed by atoms with Gasteiger partial charge in [-0.05, 0) is 66.4 Å². The van der Waals surface area contributed by atoms with Crippen molar-refractivity contribution >= 4 is 29.0 Å². The molecule has 2 heterocycles. The number of carbonyl (C=O) groups is 2. The molecule has 1 saturated heterocycles. The number of amides is 2. The van der Waals surface area contributed by atoms with Crippen LogP contribution in [0.15, 0.2) is 84.0 Å². The van der Waals surface area contributed by atoms with Crippen molar-refractivity contribution in [1.29, 1.82) is 0 Å². The van der Waals surface area contributed by atoms with Crippen molar-refractivity contribution in [3.8, 4) is 11.3 Å². The van der Waals surface area contributed by atoms with Gasteiger partial charge in [0.25, 0.3) is 11.8 Å². The zero-order valence-electron chi connectivity index (χ0n) is 28.1. The molecular weight excluding hydrogens is 576 g/mol. The molecule has 0 atom stereocenters. The molecule has 1 fully saturated rings. The molecule has 0 bridgehead atoms. The fraction of sp³-hybridized carbons (Fsp3) is 0.351. The van der Waals surface area contributed by atoms with Crippen molar-refractivity contribution in [2.75, 3.05) is 44.0 Å². The Morgan fingerprint density at radius 1 is 0.913 bits per heavy atom. The van der Waals surface area contributed by atoms with E-state index in [1.807, 2.05) is 102 Å². The third-order valence-corrected chi connectivity index (χ3v) is 7.67. The van der Waals surface area contributed by atoms with Crippen LogP contribution in [0.3, 0.4) is 0 Å². The number of hydrogen-bond donors (Lipinski definition) is 2. The van der Waals surface area contributed by atoms with E-state index in [2.05, 4.69) is 43.3 Å². The summed E-state index contributed by atoms with van der Waals surface area (Å²) in [5.74, 6) is 0.423. The van der Waals surface area contributed by atoms with Crippen molar-refractivity contribution in [3.63, 3.8) is 0 Å². The first-order chi connectivity index (χ1) is 22.2. The quantitative estimate of drug-likeness (QED) is 0.234. The fourth-order valence-electron chi connectivity index (χ4n) is 5.11. The Kier molecular flexibility index (Phi) is 11.5. The topological polar surface area (TPSA) is 101 Å². The average molecular weight is 623 g/mol. The number of aryl methyl sites for hydroxylation is 1. The first-order valence-corrected chi connectivity index (χ1v) is 16.0. The van der Waals surface area contributed by atoms with Crippen molar-refractivity contribution in [2.24, 2.45) is 4.99 Å². The van der Waals surface area contributed by atoms with Gasteiger partial charge in [0.05, 0.1) is 18.9 Å². The molecule has 1 aliphatic rings. The van der Waals surface area contributed by atoms with E-state index in [-0.39, 0.29) is 17.2 Å². The number of hydrogen-bond acceptors (Lipinski definition) is 6. The molecule has 4 aromatic rings. The number of morpholine rings is 1. The van der Waals surface area contributed by atoms with E-state index in [1.165, 1.54) is 5.56 Å². The molecule has 2 amide bonds. The summed E-state index contributed by atoms with van der Waals surface area (Å²) in [5.41, 5.74) is 6.18. The highest BCUT2D eigenvalue weighted by Crippen LogP contribution is 2.25. The van der Waals surface area contributed by atoms with Crippen LogP contribution < -0.4 is 16.1 Å². The largest absolute Gasteiger partial charge is 0.378 e. The Morgan fingerprint density at radius 3 is 2.17 bits per heavy atom. The highest BCUT2D eigenvalue weighted by molar-refractivity contribution is 6.04. The smallest absolute Gasteiger partial charge is 0.255 e. The minimum atomic E-state index is -0.169. The van der Waals surface area contributed by atoms with Gasteiger partial charge in [-0.25, -0.2) is 4.98 Å².